The van der Waals surface area contributed by atoms with E-state index in [9.17, 15) is 0 Å². The molecule has 3 nitrogen and oxygen atoms in total. The molecule has 2 aromatic carbocycles. The Labute approximate surface area is 146 Å². The molecule has 2 aromatic heterocycles. The molecule has 122 valence electrons. The van der Waals surface area contributed by atoms with E-state index in [0.29, 0.717) is 0 Å². The van der Waals surface area contributed by atoms with Crippen LogP contribution in [0.2, 0.25) is 0 Å². The van der Waals surface area contributed by atoms with Gasteiger partial charge in [0.15, 0.2) is 0 Å². The fraction of sp³-hybridized carbons (Fsp3) is 0.0455. The van der Waals surface area contributed by atoms with E-state index >= 15 is 0 Å². The third-order valence-corrected chi connectivity index (χ3v) is 4.02. The van der Waals surface area contributed by atoms with Gasteiger partial charge in [0.2, 0.25) is 0 Å². The van der Waals surface area contributed by atoms with E-state index in [1.165, 1.54) is 0 Å². The molecular formula is C22H17NO2. The van der Waals surface area contributed by atoms with Crippen molar-refractivity contribution in [1.29, 1.82) is 0 Å². The lowest BCUT2D eigenvalue weighted by Crippen LogP contribution is -1.86. The Bertz CT molecular complexity index is 1030. The molecule has 0 fully saturated rings. The zero-order chi connectivity index (χ0) is 17.1. The van der Waals surface area contributed by atoms with Gasteiger partial charge in [0.1, 0.15) is 17.3 Å². The molecule has 0 saturated carbocycles. The highest BCUT2D eigenvalue weighted by atomic mass is 16.5. The molecule has 0 bridgehead atoms. The molecule has 25 heavy (non-hydrogen) atoms. The number of rotatable bonds is 4. The molecule has 0 aliphatic carbocycles. The molecule has 4 rings (SSSR count). The molecule has 0 unspecified atom stereocenters. The Hall–Kier alpha value is -3.33. The Morgan fingerprint density at radius 1 is 0.880 bits per heavy atom. The van der Waals surface area contributed by atoms with Gasteiger partial charge in [-0.3, -0.25) is 0 Å². The standard InChI is InChI=1S/C22H17NO2/c1-24-20-11-13-21-17(15-20)7-8-18(23-21)9-10-19-12-14-22(25-19)16-5-3-2-4-6-16/h2-15H,1H3/b10-9+. The Morgan fingerprint density at radius 3 is 2.60 bits per heavy atom. The summed E-state index contributed by atoms with van der Waals surface area (Å²) >= 11 is 0. The second-order valence-electron chi connectivity index (χ2n) is 5.70. The summed E-state index contributed by atoms with van der Waals surface area (Å²) < 4.78 is 11.1. The smallest absolute Gasteiger partial charge is 0.134 e. The molecule has 3 heteroatoms. The van der Waals surface area contributed by atoms with Crippen molar-refractivity contribution in [3.8, 4) is 17.1 Å². The summed E-state index contributed by atoms with van der Waals surface area (Å²) in [5.74, 6) is 2.50. The van der Waals surface area contributed by atoms with Crippen LogP contribution in [0.15, 0.2) is 77.2 Å². The number of benzene rings is 2. The SMILES string of the molecule is COc1ccc2nc(/C=C/c3ccc(-c4ccccc4)o3)ccc2c1. The first kappa shape index (κ1) is 15.2. The lowest BCUT2D eigenvalue weighted by atomic mass is 10.2. The predicted octanol–water partition coefficient (Wildman–Crippen LogP) is 5.67. The molecule has 0 aliphatic rings. The first-order valence-electron chi connectivity index (χ1n) is 8.10. The molecule has 2 heterocycles. The van der Waals surface area contributed by atoms with E-state index in [2.05, 4.69) is 4.98 Å². The maximum absolute atomic E-state index is 5.88. The van der Waals surface area contributed by atoms with Crippen molar-refractivity contribution in [1.82, 2.24) is 4.98 Å². The van der Waals surface area contributed by atoms with Gasteiger partial charge in [-0.25, -0.2) is 4.98 Å². The fourth-order valence-electron chi connectivity index (χ4n) is 2.71. The second-order valence-corrected chi connectivity index (χ2v) is 5.70. The normalized spacial score (nSPS) is 11.2. The molecular weight excluding hydrogens is 310 g/mol. The van der Waals surface area contributed by atoms with E-state index in [0.717, 1.165) is 39.4 Å². The number of methoxy groups -OCH3 is 1. The van der Waals surface area contributed by atoms with Crippen LogP contribution in [0, 0.1) is 0 Å². The predicted molar refractivity (Wildman–Crippen MR) is 101 cm³/mol. The van der Waals surface area contributed by atoms with Gasteiger partial charge >= 0.3 is 0 Å². The van der Waals surface area contributed by atoms with E-state index < -0.39 is 0 Å². The summed E-state index contributed by atoms with van der Waals surface area (Å²) in [5.41, 5.74) is 2.89. The third-order valence-electron chi connectivity index (χ3n) is 4.02. The summed E-state index contributed by atoms with van der Waals surface area (Å²) in [6.45, 7) is 0. The van der Waals surface area contributed by atoms with Crippen LogP contribution >= 0.6 is 0 Å². The Kier molecular flexibility index (Phi) is 4.05. The van der Waals surface area contributed by atoms with Crippen LogP contribution in [0.4, 0.5) is 0 Å². The lowest BCUT2D eigenvalue weighted by Gasteiger charge is -2.02. The molecule has 0 atom stereocenters. The number of hydrogen-bond acceptors (Lipinski definition) is 3. The van der Waals surface area contributed by atoms with Crippen molar-refractivity contribution < 1.29 is 9.15 Å². The summed E-state index contributed by atoms with van der Waals surface area (Å²) in [7, 11) is 1.67. The molecule has 0 aliphatic heterocycles. The van der Waals surface area contributed by atoms with E-state index in [1.807, 2.05) is 84.9 Å². The van der Waals surface area contributed by atoms with Gasteiger partial charge in [0, 0.05) is 10.9 Å². The summed E-state index contributed by atoms with van der Waals surface area (Å²) in [6.07, 6.45) is 3.89. The van der Waals surface area contributed by atoms with Gasteiger partial charge in [-0.1, -0.05) is 36.4 Å². The van der Waals surface area contributed by atoms with Crippen molar-refractivity contribution in [3.05, 3.63) is 84.3 Å². The Morgan fingerprint density at radius 2 is 1.76 bits per heavy atom. The lowest BCUT2D eigenvalue weighted by molar-refractivity contribution is 0.415. The van der Waals surface area contributed by atoms with Gasteiger partial charge in [0.25, 0.3) is 0 Å². The highest BCUT2D eigenvalue weighted by Gasteiger charge is 2.02. The monoisotopic (exact) mass is 327 g/mol. The van der Waals surface area contributed by atoms with Crippen LogP contribution < -0.4 is 4.74 Å². The van der Waals surface area contributed by atoms with Crippen LogP contribution in [0.3, 0.4) is 0 Å². The number of nitrogens with zero attached hydrogens (tertiary/aromatic N) is 1. The van der Waals surface area contributed by atoms with Crippen LogP contribution in [0.1, 0.15) is 11.5 Å². The minimum Gasteiger partial charge on any atom is -0.497 e. The van der Waals surface area contributed by atoms with Crippen molar-refractivity contribution >= 4 is 23.1 Å². The first-order valence-corrected chi connectivity index (χ1v) is 8.10. The quantitative estimate of drug-likeness (QED) is 0.484. The summed E-state index contributed by atoms with van der Waals surface area (Å²) in [4.78, 5) is 4.65. The second kappa shape index (κ2) is 6.65. The number of furan rings is 1. The van der Waals surface area contributed by atoms with Gasteiger partial charge in [0.05, 0.1) is 18.3 Å². The van der Waals surface area contributed by atoms with E-state index in [4.69, 9.17) is 9.15 Å². The third kappa shape index (κ3) is 3.31. The number of pyridine rings is 1. The molecule has 0 amide bonds. The fourth-order valence-corrected chi connectivity index (χ4v) is 2.71. The highest BCUT2D eigenvalue weighted by Crippen LogP contribution is 2.23. The average molecular weight is 327 g/mol. The minimum absolute atomic E-state index is 0.801. The van der Waals surface area contributed by atoms with Crippen molar-refractivity contribution in [2.75, 3.05) is 7.11 Å². The molecule has 0 spiro atoms. The molecule has 0 radical (unpaired) electrons. The van der Waals surface area contributed by atoms with Crippen molar-refractivity contribution in [2.24, 2.45) is 0 Å². The maximum atomic E-state index is 5.88. The van der Waals surface area contributed by atoms with Gasteiger partial charge in [-0.15, -0.1) is 0 Å². The molecule has 0 saturated heterocycles. The number of hydrogen-bond donors (Lipinski definition) is 0. The van der Waals surface area contributed by atoms with E-state index in [-0.39, 0.29) is 0 Å². The van der Waals surface area contributed by atoms with Gasteiger partial charge in [-0.05, 0) is 48.6 Å². The summed E-state index contributed by atoms with van der Waals surface area (Å²) in [5, 5.41) is 1.06. The minimum atomic E-state index is 0.801. The Balaban J connectivity index is 1.57. The first-order chi connectivity index (χ1) is 12.3. The zero-order valence-corrected chi connectivity index (χ0v) is 13.8. The average Bonchev–Trinajstić information content (AvgIpc) is 3.15. The largest absolute Gasteiger partial charge is 0.497 e. The van der Waals surface area contributed by atoms with Crippen LogP contribution in [-0.2, 0) is 0 Å². The van der Waals surface area contributed by atoms with Crippen molar-refractivity contribution in [3.63, 3.8) is 0 Å². The number of ether oxygens (including phenoxy) is 1. The van der Waals surface area contributed by atoms with Gasteiger partial charge in [-0.2, -0.15) is 0 Å². The number of aromatic nitrogens is 1. The maximum Gasteiger partial charge on any atom is 0.134 e. The van der Waals surface area contributed by atoms with Crippen LogP contribution in [-0.4, -0.2) is 12.1 Å². The summed E-state index contributed by atoms with van der Waals surface area (Å²) in [6, 6.07) is 23.9. The van der Waals surface area contributed by atoms with Crippen LogP contribution in [0.25, 0.3) is 34.4 Å². The van der Waals surface area contributed by atoms with Crippen molar-refractivity contribution in [2.45, 2.75) is 0 Å². The molecule has 0 N–H and O–H groups in total. The zero-order valence-electron chi connectivity index (χ0n) is 13.8. The highest BCUT2D eigenvalue weighted by molar-refractivity contribution is 5.82. The molecule has 4 aromatic rings. The number of fused-ring (bicyclic) bond motifs is 1. The van der Waals surface area contributed by atoms with Gasteiger partial charge < -0.3 is 9.15 Å². The van der Waals surface area contributed by atoms with E-state index in [1.54, 1.807) is 7.11 Å². The topological polar surface area (TPSA) is 35.3 Å². The van der Waals surface area contributed by atoms with Crippen LogP contribution in [0.5, 0.6) is 5.75 Å².